The van der Waals surface area contributed by atoms with E-state index in [4.69, 9.17) is 23.7 Å². The molecule has 2 atom stereocenters. The van der Waals surface area contributed by atoms with Gasteiger partial charge in [0.1, 0.15) is 19.8 Å². The van der Waals surface area contributed by atoms with Gasteiger partial charge in [0.25, 0.3) is 0 Å². The third-order valence-electron chi connectivity index (χ3n) is 10.6. The van der Waals surface area contributed by atoms with Crippen LogP contribution in [0, 0.1) is 11.8 Å². The van der Waals surface area contributed by atoms with Crippen LogP contribution in [0.4, 0.5) is 4.79 Å². The molecule has 366 valence electrons. The number of carbonyl (C=O) groups excluding carboxylic acids is 3. The van der Waals surface area contributed by atoms with Gasteiger partial charge in [-0.25, -0.2) is 4.79 Å². The molecule has 9 heteroatoms. The average Bonchev–Trinajstić information content (AvgIpc) is 3.27. The standard InChI is InChI=1S/C50H93NO8.C3H8/c1-6-10-14-17-20-21-22-23-24-25-26-27-28-29-32-36-47(52)57-42-46(44-59-50(54)51-41-45(5)35-13-9-4)43-58-48(53)37-38-49(55-39-33-30-18-15-11-7-2)56-40-34-31-19-16-12-8-3;1-3-2/h20-21,23-24,45-46,49H,6-19,22,25-44H2,1-5H3,(H,51,54);3H2,1-2H3/b21-20-,24-23-;. The van der Waals surface area contributed by atoms with Crippen molar-refractivity contribution in [2.75, 3.05) is 39.6 Å². The first-order valence-corrected chi connectivity index (χ1v) is 26.0. The van der Waals surface area contributed by atoms with Crippen LogP contribution < -0.4 is 5.32 Å². The highest BCUT2D eigenvalue weighted by atomic mass is 16.7. The second kappa shape index (κ2) is 51.2. The third-order valence-corrected chi connectivity index (χ3v) is 10.6. The Kier molecular flexibility index (Phi) is 51.0. The zero-order chi connectivity index (χ0) is 46.0. The first-order valence-electron chi connectivity index (χ1n) is 26.0. The van der Waals surface area contributed by atoms with E-state index in [1.165, 1.54) is 83.5 Å². The molecular weight excluding hydrogens is 779 g/mol. The van der Waals surface area contributed by atoms with E-state index in [1.54, 1.807) is 0 Å². The van der Waals surface area contributed by atoms with Crippen LogP contribution in [-0.2, 0) is 33.3 Å². The molecule has 0 rings (SSSR count). The molecule has 0 aromatic rings. The maximum absolute atomic E-state index is 12.9. The van der Waals surface area contributed by atoms with E-state index in [9.17, 15) is 14.4 Å². The Balaban J connectivity index is 0. The van der Waals surface area contributed by atoms with Gasteiger partial charge in [-0.3, -0.25) is 9.59 Å². The minimum Gasteiger partial charge on any atom is -0.465 e. The van der Waals surface area contributed by atoms with Gasteiger partial charge in [-0.1, -0.05) is 188 Å². The number of ether oxygens (including phenoxy) is 5. The van der Waals surface area contributed by atoms with Crippen LogP contribution in [0.15, 0.2) is 24.3 Å². The lowest BCUT2D eigenvalue weighted by Crippen LogP contribution is -2.32. The lowest BCUT2D eigenvalue weighted by molar-refractivity contribution is -0.161. The number of nitrogens with one attached hydrogen (secondary N) is 1. The summed E-state index contributed by atoms with van der Waals surface area (Å²) in [7, 11) is 0. The first-order chi connectivity index (χ1) is 30.3. The fourth-order valence-corrected chi connectivity index (χ4v) is 6.59. The molecule has 1 amide bonds. The molecule has 0 aliphatic heterocycles. The molecule has 0 radical (unpaired) electrons. The molecule has 0 bridgehead atoms. The minimum absolute atomic E-state index is 0.0118. The largest absolute Gasteiger partial charge is 0.465 e. The number of amides is 1. The van der Waals surface area contributed by atoms with Crippen LogP contribution in [0.3, 0.4) is 0 Å². The topological polar surface area (TPSA) is 109 Å². The molecule has 0 fully saturated rings. The lowest BCUT2D eigenvalue weighted by Gasteiger charge is -2.20. The average molecular weight is 880 g/mol. The van der Waals surface area contributed by atoms with Crippen LogP contribution in [0.2, 0.25) is 0 Å². The summed E-state index contributed by atoms with van der Waals surface area (Å²) in [6.45, 7) is 16.9. The summed E-state index contributed by atoms with van der Waals surface area (Å²) in [5.74, 6) is -0.784. The number of rotatable bonds is 44. The number of allylic oxidation sites excluding steroid dienone is 4. The van der Waals surface area contributed by atoms with E-state index in [2.05, 4.69) is 78.1 Å². The highest BCUT2D eigenvalue weighted by Gasteiger charge is 2.19. The zero-order valence-corrected chi connectivity index (χ0v) is 41.8. The number of esters is 2. The summed E-state index contributed by atoms with van der Waals surface area (Å²) in [5, 5.41) is 2.84. The second-order valence-corrected chi connectivity index (χ2v) is 17.4. The Hall–Kier alpha value is -2.39. The summed E-state index contributed by atoms with van der Waals surface area (Å²) in [6, 6.07) is 0. The van der Waals surface area contributed by atoms with Crippen molar-refractivity contribution in [2.24, 2.45) is 11.8 Å². The SMILES string of the molecule is CCC.CCCCC/C=C\C/C=C\CCCCCCCC(=O)OCC(COC(=O)CCC(OCCCCCCCC)OCCCCCCCC)COC(=O)NCC(C)CCCC. The Morgan fingerprint density at radius 1 is 0.484 bits per heavy atom. The normalized spacial score (nSPS) is 12.4. The Morgan fingerprint density at radius 2 is 0.919 bits per heavy atom. The summed E-state index contributed by atoms with van der Waals surface area (Å²) < 4.78 is 29.0. The maximum Gasteiger partial charge on any atom is 0.407 e. The predicted octanol–water partition coefficient (Wildman–Crippen LogP) is 15.3. The first kappa shape index (κ1) is 61.7. The van der Waals surface area contributed by atoms with Crippen LogP contribution in [0.1, 0.15) is 241 Å². The molecule has 0 saturated heterocycles. The minimum atomic E-state index is -0.519. The van der Waals surface area contributed by atoms with Gasteiger partial charge >= 0.3 is 18.0 Å². The predicted molar refractivity (Wildman–Crippen MR) is 260 cm³/mol. The zero-order valence-electron chi connectivity index (χ0n) is 41.8. The monoisotopic (exact) mass is 880 g/mol. The van der Waals surface area contributed by atoms with Gasteiger partial charge in [0.05, 0.1) is 12.3 Å². The Bertz CT molecular complexity index is 1000. The fourth-order valence-electron chi connectivity index (χ4n) is 6.59. The van der Waals surface area contributed by atoms with E-state index in [0.717, 1.165) is 89.9 Å². The second-order valence-electron chi connectivity index (χ2n) is 17.4. The fraction of sp³-hybridized carbons (Fsp3) is 0.868. The highest BCUT2D eigenvalue weighted by Crippen LogP contribution is 2.14. The van der Waals surface area contributed by atoms with E-state index < -0.39 is 18.3 Å². The van der Waals surface area contributed by atoms with E-state index in [-0.39, 0.29) is 38.2 Å². The van der Waals surface area contributed by atoms with Crippen molar-refractivity contribution in [3.63, 3.8) is 0 Å². The summed E-state index contributed by atoms with van der Waals surface area (Å²) in [4.78, 5) is 38.1. The molecule has 0 spiro atoms. The molecule has 0 aliphatic carbocycles. The number of carbonyl (C=O) groups is 3. The van der Waals surface area contributed by atoms with Crippen LogP contribution in [0.25, 0.3) is 0 Å². The Morgan fingerprint density at radius 3 is 1.47 bits per heavy atom. The maximum atomic E-state index is 12.9. The molecule has 0 saturated carbocycles. The number of alkyl carbamates (subject to hydrolysis) is 1. The third kappa shape index (κ3) is 48.6. The Labute approximate surface area is 383 Å². The van der Waals surface area contributed by atoms with Gasteiger partial charge in [0, 0.05) is 32.6 Å². The molecule has 0 aliphatic rings. The molecule has 62 heavy (non-hydrogen) atoms. The van der Waals surface area contributed by atoms with Crippen LogP contribution in [-0.4, -0.2) is 63.9 Å². The van der Waals surface area contributed by atoms with E-state index >= 15 is 0 Å². The summed E-state index contributed by atoms with van der Waals surface area (Å²) in [5.41, 5.74) is 0. The van der Waals surface area contributed by atoms with E-state index in [1.807, 2.05) is 0 Å². The number of unbranched alkanes of at least 4 members (excludes halogenated alkanes) is 19. The van der Waals surface area contributed by atoms with Crippen LogP contribution in [0.5, 0.6) is 0 Å². The lowest BCUT2D eigenvalue weighted by atomic mass is 10.1. The van der Waals surface area contributed by atoms with Crippen molar-refractivity contribution >= 4 is 18.0 Å². The smallest absolute Gasteiger partial charge is 0.407 e. The van der Waals surface area contributed by atoms with Gasteiger partial charge in [0.15, 0.2) is 6.29 Å². The number of hydrogen-bond acceptors (Lipinski definition) is 8. The molecule has 1 N–H and O–H groups in total. The summed E-state index contributed by atoms with van der Waals surface area (Å²) >= 11 is 0. The van der Waals surface area contributed by atoms with Crippen molar-refractivity contribution < 1.29 is 38.1 Å². The van der Waals surface area contributed by atoms with Crippen molar-refractivity contribution in [1.29, 1.82) is 0 Å². The van der Waals surface area contributed by atoms with Crippen molar-refractivity contribution in [3.05, 3.63) is 24.3 Å². The summed E-state index contributed by atoms with van der Waals surface area (Å²) in [6.07, 6.45) is 40.0. The molecule has 9 nitrogen and oxygen atoms in total. The molecule has 0 heterocycles. The highest BCUT2D eigenvalue weighted by molar-refractivity contribution is 5.70. The van der Waals surface area contributed by atoms with Gasteiger partial charge in [-0.05, 0) is 63.7 Å². The van der Waals surface area contributed by atoms with Gasteiger partial charge in [-0.2, -0.15) is 0 Å². The molecule has 2 unspecified atom stereocenters. The van der Waals surface area contributed by atoms with Crippen molar-refractivity contribution in [2.45, 2.75) is 247 Å². The molecule has 0 aromatic heterocycles. The molecular formula is C53H101NO8. The van der Waals surface area contributed by atoms with Crippen molar-refractivity contribution in [3.8, 4) is 0 Å². The van der Waals surface area contributed by atoms with Crippen molar-refractivity contribution in [1.82, 2.24) is 5.32 Å². The van der Waals surface area contributed by atoms with Gasteiger partial charge in [-0.15, -0.1) is 0 Å². The van der Waals surface area contributed by atoms with E-state index in [0.29, 0.717) is 38.5 Å². The van der Waals surface area contributed by atoms with Gasteiger partial charge < -0.3 is 29.0 Å². The quantitative estimate of drug-likeness (QED) is 0.0212. The van der Waals surface area contributed by atoms with Gasteiger partial charge in [0.2, 0.25) is 0 Å². The molecule has 0 aromatic carbocycles. The van der Waals surface area contributed by atoms with Crippen LogP contribution >= 0.6 is 0 Å². The number of hydrogen-bond donors (Lipinski definition) is 1.